The molecule has 0 aliphatic rings. The van der Waals surface area contributed by atoms with Gasteiger partial charge >= 0.3 is 6.18 Å². The van der Waals surface area contributed by atoms with Gasteiger partial charge in [-0.3, -0.25) is 14.8 Å². The quantitative estimate of drug-likeness (QED) is 0.266. The Kier molecular flexibility index (Phi) is 8.33. The number of carbonyl (C=O) groups is 1. The molecule has 1 unspecified atom stereocenters. The van der Waals surface area contributed by atoms with E-state index in [0.29, 0.717) is 5.39 Å². The van der Waals surface area contributed by atoms with Crippen molar-refractivity contribution in [1.29, 1.82) is 0 Å². The molecule has 0 bridgehead atoms. The second-order valence-corrected chi connectivity index (χ2v) is 8.32. The minimum Gasteiger partial charge on any atom is -0.382 e. The lowest BCUT2D eigenvalue weighted by Gasteiger charge is -2.13. The molecule has 0 saturated heterocycles. The summed E-state index contributed by atoms with van der Waals surface area (Å²) < 4.78 is 73.0. The predicted octanol–water partition coefficient (Wildman–Crippen LogP) is 4.89. The smallest absolute Gasteiger partial charge is 0.382 e. The van der Waals surface area contributed by atoms with Crippen LogP contribution in [0.4, 0.5) is 27.8 Å². The summed E-state index contributed by atoms with van der Waals surface area (Å²) in [6.07, 6.45) is -2.76. The van der Waals surface area contributed by atoms with Gasteiger partial charge in [-0.05, 0) is 49.6 Å². The van der Waals surface area contributed by atoms with Gasteiger partial charge in [-0.25, -0.2) is 13.8 Å². The molecule has 188 valence electrons. The number of carbonyl (C=O) groups excluding carboxylic acids is 1. The number of thioether (sulfide) groups is 1. The number of benzene rings is 2. The van der Waals surface area contributed by atoms with Gasteiger partial charge in [0.1, 0.15) is 0 Å². The highest BCUT2D eigenvalue weighted by atomic mass is 32.2. The van der Waals surface area contributed by atoms with E-state index < -0.39 is 35.3 Å². The van der Waals surface area contributed by atoms with Crippen molar-refractivity contribution in [1.82, 2.24) is 15.1 Å². The van der Waals surface area contributed by atoms with E-state index in [1.165, 1.54) is 29.6 Å². The molecule has 1 heterocycles. The summed E-state index contributed by atoms with van der Waals surface area (Å²) in [6, 6.07) is 5.42. The van der Waals surface area contributed by atoms with Crippen LogP contribution in [0.25, 0.3) is 10.9 Å². The average molecular weight is 516 g/mol. The van der Waals surface area contributed by atoms with Crippen molar-refractivity contribution >= 4 is 40.3 Å². The molecule has 0 aliphatic heterocycles. The fourth-order valence-electron chi connectivity index (χ4n) is 3.19. The van der Waals surface area contributed by atoms with Gasteiger partial charge in [-0.2, -0.15) is 18.3 Å². The SMILES string of the molecule is COCC(C)N=C(NC(=O)c1ccc(F)c(F)c1)Nc1nn(CSC)c2cc(C(F)(F)F)ccc12. The molecule has 7 nitrogen and oxygen atoms in total. The predicted molar refractivity (Wildman–Crippen MR) is 124 cm³/mol. The number of hydrogen-bond donors (Lipinski definition) is 2. The normalized spacial score (nSPS) is 13.2. The number of nitrogens with zero attached hydrogens (tertiary/aromatic N) is 3. The first-order valence-corrected chi connectivity index (χ1v) is 11.6. The lowest BCUT2D eigenvalue weighted by molar-refractivity contribution is -0.137. The van der Waals surface area contributed by atoms with Crippen LogP contribution in [0.1, 0.15) is 22.8 Å². The first kappa shape index (κ1) is 26.4. The molecule has 1 aromatic heterocycles. The molecule has 0 saturated carbocycles. The number of guanidine groups is 1. The minimum absolute atomic E-state index is 0.0973. The number of ether oxygens (including phenoxy) is 1. The molecular weight excluding hydrogens is 493 g/mol. The summed E-state index contributed by atoms with van der Waals surface area (Å²) >= 11 is 1.35. The van der Waals surface area contributed by atoms with Gasteiger partial charge in [0.25, 0.3) is 5.91 Å². The van der Waals surface area contributed by atoms with Gasteiger partial charge < -0.3 is 10.1 Å². The Labute approximate surface area is 201 Å². The highest BCUT2D eigenvalue weighted by Crippen LogP contribution is 2.33. The van der Waals surface area contributed by atoms with Gasteiger partial charge in [-0.1, -0.05) is 0 Å². The van der Waals surface area contributed by atoms with Gasteiger partial charge in [0, 0.05) is 18.1 Å². The summed E-state index contributed by atoms with van der Waals surface area (Å²) in [4.78, 5) is 17.0. The number of nitrogens with one attached hydrogen (secondary N) is 2. The zero-order chi connectivity index (χ0) is 25.8. The third kappa shape index (κ3) is 6.48. The number of rotatable bonds is 7. The molecule has 1 atom stereocenters. The standard InChI is InChI=1S/C22H22F5N5O2S/c1-12(10-34-2)28-21(30-20(33)13-4-7-16(23)17(24)8-13)29-19-15-6-5-14(22(25,26)27)9-18(15)32(31-19)11-35-3/h4-9,12H,10-11H2,1-3H3,(H2,28,29,30,31,33). The number of fused-ring (bicyclic) bond motifs is 1. The van der Waals surface area contributed by atoms with Gasteiger partial charge in [0.15, 0.2) is 17.5 Å². The number of alkyl halides is 3. The summed E-state index contributed by atoms with van der Waals surface area (Å²) in [6.45, 7) is 1.90. The molecule has 3 aromatic rings. The Morgan fingerprint density at radius 3 is 2.57 bits per heavy atom. The van der Waals surface area contributed by atoms with Crippen LogP contribution < -0.4 is 10.6 Å². The molecule has 2 N–H and O–H groups in total. The van der Waals surface area contributed by atoms with Crippen LogP contribution in [0.3, 0.4) is 0 Å². The Morgan fingerprint density at radius 2 is 1.94 bits per heavy atom. The van der Waals surface area contributed by atoms with E-state index in [1.807, 2.05) is 0 Å². The number of halogens is 5. The molecule has 0 radical (unpaired) electrons. The third-order valence-corrected chi connectivity index (χ3v) is 5.24. The van der Waals surface area contributed by atoms with Crippen LogP contribution in [0.15, 0.2) is 41.4 Å². The number of anilines is 1. The van der Waals surface area contributed by atoms with E-state index in [2.05, 4.69) is 20.7 Å². The first-order chi connectivity index (χ1) is 16.5. The van der Waals surface area contributed by atoms with Crippen LogP contribution in [0, 0.1) is 11.6 Å². The number of amides is 1. The van der Waals surface area contributed by atoms with Crippen molar-refractivity contribution in [3.05, 3.63) is 59.2 Å². The lowest BCUT2D eigenvalue weighted by atomic mass is 10.1. The Morgan fingerprint density at radius 1 is 1.20 bits per heavy atom. The topological polar surface area (TPSA) is 80.5 Å². The number of methoxy groups -OCH3 is 1. The van der Waals surface area contributed by atoms with Crippen LogP contribution in [-0.4, -0.2) is 47.7 Å². The molecule has 13 heteroatoms. The van der Waals surface area contributed by atoms with E-state index in [-0.39, 0.29) is 35.3 Å². The zero-order valence-electron chi connectivity index (χ0n) is 18.9. The van der Waals surface area contributed by atoms with E-state index >= 15 is 0 Å². The summed E-state index contributed by atoms with van der Waals surface area (Å²) in [7, 11) is 1.47. The second-order valence-electron chi connectivity index (χ2n) is 7.49. The highest BCUT2D eigenvalue weighted by molar-refractivity contribution is 7.97. The van der Waals surface area contributed by atoms with Crippen molar-refractivity contribution in [2.24, 2.45) is 4.99 Å². The van der Waals surface area contributed by atoms with E-state index in [9.17, 15) is 26.7 Å². The monoisotopic (exact) mass is 515 g/mol. The zero-order valence-corrected chi connectivity index (χ0v) is 19.7. The molecule has 0 fully saturated rings. The van der Waals surface area contributed by atoms with E-state index in [0.717, 1.165) is 30.3 Å². The average Bonchev–Trinajstić information content (AvgIpc) is 3.12. The second kappa shape index (κ2) is 11.0. The summed E-state index contributed by atoms with van der Waals surface area (Å²) in [5, 5.41) is 10.0. The van der Waals surface area contributed by atoms with Crippen molar-refractivity contribution in [3.8, 4) is 0 Å². The molecule has 35 heavy (non-hydrogen) atoms. The maximum Gasteiger partial charge on any atom is 0.416 e. The molecule has 2 aromatic carbocycles. The van der Waals surface area contributed by atoms with Gasteiger partial charge in [0.05, 0.1) is 29.6 Å². The Bertz CT molecular complexity index is 1240. The number of hydrogen-bond acceptors (Lipinski definition) is 5. The lowest BCUT2D eigenvalue weighted by Crippen LogP contribution is -2.37. The maximum absolute atomic E-state index is 13.6. The minimum atomic E-state index is -4.53. The summed E-state index contributed by atoms with van der Waals surface area (Å²) in [5.41, 5.74) is -0.758. The molecule has 1 amide bonds. The van der Waals surface area contributed by atoms with E-state index in [4.69, 9.17) is 4.74 Å². The third-order valence-electron chi connectivity index (χ3n) is 4.74. The van der Waals surface area contributed by atoms with Crippen molar-refractivity contribution < 1.29 is 31.5 Å². The van der Waals surface area contributed by atoms with Gasteiger partial charge in [-0.15, -0.1) is 11.8 Å². The largest absolute Gasteiger partial charge is 0.416 e. The summed E-state index contributed by atoms with van der Waals surface area (Å²) in [5.74, 6) is -2.76. The fraction of sp³-hybridized carbons (Fsp3) is 0.318. The van der Waals surface area contributed by atoms with Crippen LogP contribution >= 0.6 is 11.8 Å². The molecule has 3 rings (SSSR count). The maximum atomic E-state index is 13.6. The molecule has 0 aliphatic carbocycles. The molecule has 0 spiro atoms. The molecular formula is C22H22F5N5O2S. The highest BCUT2D eigenvalue weighted by Gasteiger charge is 2.31. The van der Waals surface area contributed by atoms with Crippen molar-refractivity contribution in [2.75, 3.05) is 25.3 Å². The van der Waals surface area contributed by atoms with Crippen molar-refractivity contribution in [2.45, 2.75) is 25.0 Å². The van der Waals surface area contributed by atoms with E-state index in [1.54, 1.807) is 13.2 Å². The van der Waals surface area contributed by atoms with Gasteiger partial charge in [0.2, 0.25) is 5.96 Å². The Balaban J connectivity index is 1.99. The van der Waals surface area contributed by atoms with Crippen LogP contribution in [0.2, 0.25) is 0 Å². The van der Waals surface area contributed by atoms with Crippen molar-refractivity contribution in [3.63, 3.8) is 0 Å². The first-order valence-electron chi connectivity index (χ1n) is 10.2. The Hall–Kier alpha value is -3.19. The van der Waals surface area contributed by atoms with Crippen LogP contribution in [0.5, 0.6) is 0 Å². The van der Waals surface area contributed by atoms with Crippen LogP contribution in [-0.2, 0) is 16.8 Å². The fourth-order valence-corrected chi connectivity index (χ4v) is 3.63. The number of aromatic nitrogens is 2. The number of aliphatic imine (C=N–C) groups is 1.